The summed E-state index contributed by atoms with van der Waals surface area (Å²) in [6.07, 6.45) is 13.6. The van der Waals surface area contributed by atoms with E-state index < -0.39 is 0 Å². The molecule has 0 nitrogen and oxygen atoms in total. The molecule has 0 amide bonds. The molecule has 4 atom stereocenters. The van der Waals surface area contributed by atoms with Crippen LogP contribution in [0.5, 0.6) is 0 Å². The highest BCUT2D eigenvalue weighted by Crippen LogP contribution is 2.57. The van der Waals surface area contributed by atoms with Crippen LogP contribution in [0.2, 0.25) is 0 Å². The van der Waals surface area contributed by atoms with Crippen LogP contribution in [0.3, 0.4) is 0 Å². The molecule has 0 aromatic carbocycles. The van der Waals surface area contributed by atoms with E-state index in [0.717, 1.165) is 23.7 Å². The fourth-order valence-corrected chi connectivity index (χ4v) is 5.54. The van der Waals surface area contributed by atoms with E-state index in [9.17, 15) is 0 Å². The lowest BCUT2D eigenvalue weighted by Gasteiger charge is -2.47. The summed E-state index contributed by atoms with van der Waals surface area (Å²) >= 11 is 0. The highest BCUT2D eigenvalue weighted by molar-refractivity contribution is 4.97. The van der Waals surface area contributed by atoms with Crippen LogP contribution in [0, 0.1) is 34.5 Å². The number of hydrogen-bond acceptors (Lipinski definition) is 0. The van der Waals surface area contributed by atoms with E-state index in [1.807, 2.05) is 0 Å². The molecule has 3 aliphatic rings. The molecule has 3 fully saturated rings. The third-order valence-corrected chi connectivity index (χ3v) is 7.43. The lowest BCUT2D eigenvalue weighted by Crippen LogP contribution is -2.37. The van der Waals surface area contributed by atoms with Gasteiger partial charge in [0.1, 0.15) is 0 Å². The molecule has 4 unspecified atom stereocenters. The van der Waals surface area contributed by atoms with Gasteiger partial charge in [-0.2, -0.15) is 0 Å². The van der Waals surface area contributed by atoms with Crippen LogP contribution in [-0.4, -0.2) is 0 Å². The molecule has 19 heavy (non-hydrogen) atoms. The monoisotopic (exact) mass is 262 g/mol. The lowest BCUT2D eigenvalue weighted by molar-refractivity contribution is 0.0363. The molecular weight excluding hydrogens is 228 g/mol. The first kappa shape index (κ1) is 14.0. The van der Waals surface area contributed by atoms with E-state index in [0.29, 0.717) is 10.8 Å². The molecule has 0 heterocycles. The van der Waals surface area contributed by atoms with Gasteiger partial charge in [0.05, 0.1) is 0 Å². The van der Waals surface area contributed by atoms with E-state index in [2.05, 4.69) is 27.7 Å². The van der Waals surface area contributed by atoms with Gasteiger partial charge in [-0.1, -0.05) is 27.7 Å². The van der Waals surface area contributed by atoms with Crippen molar-refractivity contribution in [2.45, 2.75) is 85.5 Å². The first-order valence-electron chi connectivity index (χ1n) is 8.90. The number of rotatable bonds is 1. The van der Waals surface area contributed by atoms with Crippen molar-refractivity contribution in [2.75, 3.05) is 0 Å². The number of fused-ring (bicyclic) bond motifs is 1. The fourth-order valence-electron chi connectivity index (χ4n) is 5.54. The molecule has 0 aliphatic heterocycles. The van der Waals surface area contributed by atoms with Crippen molar-refractivity contribution in [3.05, 3.63) is 0 Å². The van der Waals surface area contributed by atoms with Crippen molar-refractivity contribution in [3.63, 3.8) is 0 Å². The maximum atomic E-state index is 2.66. The molecule has 0 spiro atoms. The zero-order valence-electron chi connectivity index (χ0n) is 13.7. The third kappa shape index (κ3) is 2.61. The molecule has 110 valence electrons. The van der Waals surface area contributed by atoms with Gasteiger partial charge < -0.3 is 0 Å². The van der Waals surface area contributed by atoms with Crippen molar-refractivity contribution < 1.29 is 0 Å². The third-order valence-electron chi connectivity index (χ3n) is 7.43. The number of hydrogen-bond donors (Lipinski definition) is 0. The normalized spacial score (nSPS) is 47.1. The summed E-state index contributed by atoms with van der Waals surface area (Å²) in [6, 6.07) is 0. The zero-order valence-corrected chi connectivity index (χ0v) is 13.7. The van der Waals surface area contributed by atoms with Crippen LogP contribution in [0.15, 0.2) is 0 Å². The van der Waals surface area contributed by atoms with Crippen molar-refractivity contribution in [1.82, 2.24) is 0 Å². The van der Waals surface area contributed by atoms with Crippen molar-refractivity contribution in [1.29, 1.82) is 0 Å². The Morgan fingerprint density at radius 3 is 2.05 bits per heavy atom. The van der Waals surface area contributed by atoms with E-state index in [-0.39, 0.29) is 0 Å². The van der Waals surface area contributed by atoms with Gasteiger partial charge in [0, 0.05) is 0 Å². The highest BCUT2D eigenvalue weighted by atomic mass is 14.5. The second-order valence-electron chi connectivity index (χ2n) is 9.31. The van der Waals surface area contributed by atoms with E-state index >= 15 is 0 Å². The Bertz CT molecular complexity index is 319. The van der Waals surface area contributed by atoms with Gasteiger partial charge in [-0.05, 0) is 92.3 Å². The van der Waals surface area contributed by atoms with Gasteiger partial charge in [0.2, 0.25) is 0 Å². The minimum Gasteiger partial charge on any atom is -0.0622 e. The van der Waals surface area contributed by atoms with E-state index in [1.165, 1.54) is 38.5 Å². The summed E-state index contributed by atoms with van der Waals surface area (Å²) in [5.74, 6) is 4.24. The average Bonchev–Trinajstić information content (AvgIpc) is 2.39. The van der Waals surface area contributed by atoms with E-state index in [1.54, 1.807) is 19.3 Å². The molecule has 0 aromatic rings. The molecule has 3 saturated carbocycles. The second-order valence-corrected chi connectivity index (χ2v) is 9.31. The second kappa shape index (κ2) is 4.78. The van der Waals surface area contributed by atoms with Gasteiger partial charge in [0.25, 0.3) is 0 Å². The van der Waals surface area contributed by atoms with Crippen LogP contribution >= 0.6 is 0 Å². The average molecular weight is 262 g/mol. The Morgan fingerprint density at radius 1 is 0.789 bits per heavy atom. The zero-order chi connectivity index (χ0) is 13.7. The summed E-state index contributed by atoms with van der Waals surface area (Å²) < 4.78 is 0. The van der Waals surface area contributed by atoms with Crippen molar-refractivity contribution >= 4 is 0 Å². The SMILES string of the molecule is CC1CCC(C)(C2CCC(C)(C)CC2)CC2CCC12. The predicted molar refractivity (Wildman–Crippen MR) is 83.1 cm³/mol. The van der Waals surface area contributed by atoms with Gasteiger partial charge in [0.15, 0.2) is 0 Å². The Hall–Kier alpha value is 0. The first-order chi connectivity index (χ1) is 8.90. The molecule has 0 aromatic heterocycles. The molecule has 0 saturated heterocycles. The van der Waals surface area contributed by atoms with Crippen LogP contribution in [0.25, 0.3) is 0 Å². The molecule has 0 bridgehead atoms. The lowest BCUT2D eigenvalue weighted by atomic mass is 9.58. The van der Waals surface area contributed by atoms with E-state index in [4.69, 9.17) is 0 Å². The van der Waals surface area contributed by atoms with Crippen molar-refractivity contribution in [3.8, 4) is 0 Å². The van der Waals surface area contributed by atoms with Gasteiger partial charge >= 0.3 is 0 Å². The molecular formula is C19H34. The summed E-state index contributed by atoms with van der Waals surface area (Å²) in [5, 5.41) is 0. The van der Waals surface area contributed by atoms with Crippen LogP contribution < -0.4 is 0 Å². The molecule has 3 aliphatic carbocycles. The Kier molecular flexibility index (Phi) is 3.51. The maximum absolute atomic E-state index is 2.66. The quantitative estimate of drug-likeness (QED) is 0.539. The van der Waals surface area contributed by atoms with Crippen LogP contribution in [0.4, 0.5) is 0 Å². The minimum absolute atomic E-state index is 0.629. The molecule has 0 heteroatoms. The van der Waals surface area contributed by atoms with Crippen molar-refractivity contribution in [2.24, 2.45) is 34.5 Å². The summed E-state index contributed by atoms with van der Waals surface area (Å²) in [7, 11) is 0. The fraction of sp³-hybridized carbons (Fsp3) is 1.00. The van der Waals surface area contributed by atoms with Gasteiger partial charge in [-0.25, -0.2) is 0 Å². The molecule has 0 radical (unpaired) electrons. The largest absolute Gasteiger partial charge is 0.0622 e. The summed E-state index contributed by atoms with van der Waals surface area (Å²) in [6.45, 7) is 10.1. The smallest absolute Gasteiger partial charge is 0.0295 e. The van der Waals surface area contributed by atoms with Gasteiger partial charge in [-0.3, -0.25) is 0 Å². The summed E-state index contributed by atoms with van der Waals surface area (Å²) in [4.78, 5) is 0. The molecule has 3 rings (SSSR count). The maximum Gasteiger partial charge on any atom is -0.0295 e. The standard InChI is InChI=1S/C19H34/c1-14-7-12-19(4,13-15-5-6-17(14)15)16-8-10-18(2,3)11-9-16/h14-17H,5-13H2,1-4H3. The topological polar surface area (TPSA) is 0 Å². The highest BCUT2D eigenvalue weighted by Gasteiger charge is 2.46. The minimum atomic E-state index is 0.629. The Balaban J connectivity index is 1.69. The van der Waals surface area contributed by atoms with Crippen LogP contribution in [0.1, 0.15) is 85.5 Å². The van der Waals surface area contributed by atoms with Gasteiger partial charge in [-0.15, -0.1) is 0 Å². The summed E-state index contributed by atoms with van der Waals surface area (Å²) in [5.41, 5.74) is 1.31. The first-order valence-corrected chi connectivity index (χ1v) is 8.90. The Morgan fingerprint density at radius 2 is 1.47 bits per heavy atom. The van der Waals surface area contributed by atoms with Crippen LogP contribution in [-0.2, 0) is 0 Å². The predicted octanol–water partition coefficient (Wildman–Crippen LogP) is 6.06. The Labute approximate surface area is 120 Å². The molecule has 0 N–H and O–H groups in total.